The van der Waals surface area contributed by atoms with Crippen molar-refractivity contribution in [2.45, 2.75) is 37.4 Å². The third-order valence-corrected chi connectivity index (χ3v) is 6.95. The van der Waals surface area contributed by atoms with E-state index in [1.807, 2.05) is 45.9 Å². The second kappa shape index (κ2) is 7.93. The lowest BCUT2D eigenvalue weighted by Gasteiger charge is -2.08. The largest absolute Gasteiger partial charge is 0.326 e. The standard InChI is InChI=1S/C18H21NOS2/c20-18(8-4-3-7-17-11-12-21-22-17)19-16-10-9-14-5-1-2-6-15(14)13-16/h1-2,5-6,9-10,13,17H,3-4,7-8,11-12H2,(H,19,20). The number of benzene rings is 2. The average Bonchev–Trinajstić information content (AvgIpc) is 3.05. The van der Waals surface area contributed by atoms with Crippen LogP contribution in [-0.2, 0) is 4.79 Å². The van der Waals surface area contributed by atoms with E-state index in [9.17, 15) is 4.79 Å². The zero-order valence-electron chi connectivity index (χ0n) is 12.6. The van der Waals surface area contributed by atoms with Gasteiger partial charge in [-0.3, -0.25) is 4.79 Å². The Morgan fingerprint density at radius 3 is 2.82 bits per heavy atom. The molecule has 1 saturated heterocycles. The van der Waals surface area contributed by atoms with E-state index >= 15 is 0 Å². The van der Waals surface area contributed by atoms with Crippen molar-refractivity contribution in [1.82, 2.24) is 0 Å². The number of rotatable bonds is 6. The zero-order valence-corrected chi connectivity index (χ0v) is 14.2. The van der Waals surface area contributed by atoms with Gasteiger partial charge in [0.15, 0.2) is 0 Å². The number of hydrogen-bond donors (Lipinski definition) is 1. The first kappa shape index (κ1) is 15.8. The number of hydrogen-bond acceptors (Lipinski definition) is 3. The minimum atomic E-state index is 0.128. The summed E-state index contributed by atoms with van der Waals surface area (Å²) in [6, 6.07) is 14.3. The van der Waals surface area contributed by atoms with Crippen molar-refractivity contribution in [3.8, 4) is 0 Å². The molecule has 0 bridgehead atoms. The Bertz CT molecular complexity index is 638. The van der Waals surface area contributed by atoms with Crippen LogP contribution in [0.2, 0.25) is 0 Å². The van der Waals surface area contributed by atoms with Crippen LogP contribution >= 0.6 is 21.6 Å². The normalized spacial score (nSPS) is 17.7. The molecule has 2 aromatic carbocycles. The molecule has 0 aromatic heterocycles. The lowest BCUT2D eigenvalue weighted by atomic mass is 10.1. The van der Waals surface area contributed by atoms with Gasteiger partial charge in [-0.05, 0) is 42.2 Å². The fourth-order valence-corrected chi connectivity index (χ4v) is 5.74. The van der Waals surface area contributed by atoms with Crippen molar-refractivity contribution in [3.63, 3.8) is 0 Å². The first-order valence-corrected chi connectivity index (χ1v) is 10.3. The molecule has 4 heteroatoms. The molecule has 1 amide bonds. The first-order valence-electron chi connectivity index (χ1n) is 7.88. The number of fused-ring (bicyclic) bond motifs is 1. The molecule has 1 atom stereocenters. The van der Waals surface area contributed by atoms with Crippen molar-refractivity contribution in [3.05, 3.63) is 42.5 Å². The van der Waals surface area contributed by atoms with Crippen LogP contribution in [0.15, 0.2) is 42.5 Å². The van der Waals surface area contributed by atoms with E-state index < -0.39 is 0 Å². The van der Waals surface area contributed by atoms with E-state index in [1.165, 1.54) is 24.0 Å². The summed E-state index contributed by atoms with van der Waals surface area (Å²) in [6.45, 7) is 0. The van der Waals surface area contributed by atoms with Gasteiger partial charge >= 0.3 is 0 Å². The van der Waals surface area contributed by atoms with Crippen LogP contribution in [0.5, 0.6) is 0 Å². The zero-order chi connectivity index (χ0) is 15.2. The lowest BCUT2D eigenvalue weighted by molar-refractivity contribution is -0.116. The van der Waals surface area contributed by atoms with E-state index in [0.29, 0.717) is 6.42 Å². The van der Waals surface area contributed by atoms with Crippen LogP contribution in [0.25, 0.3) is 10.8 Å². The number of nitrogens with one attached hydrogen (secondary N) is 1. The highest BCUT2D eigenvalue weighted by molar-refractivity contribution is 8.77. The predicted octanol–water partition coefficient (Wildman–Crippen LogP) is 5.49. The van der Waals surface area contributed by atoms with Gasteiger partial charge in [-0.15, -0.1) is 0 Å². The van der Waals surface area contributed by atoms with Gasteiger partial charge in [0.1, 0.15) is 0 Å². The van der Waals surface area contributed by atoms with Gasteiger partial charge in [0, 0.05) is 23.1 Å². The second-order valence-electron chi connectivity index (χ2n) is 5.68. The Hall–Kier alpha value is -1.13. The van der Waals surface area contributed by atoms with Gasteiger partial charge in [-0.25, -0.2) is 0 Å². The van der Waals surface area contributed by atoms with E-state index in [0.717, 1.165) is 29.2 Å². The predicted molar refractivity (Wildman–Crippen MR) is 99.5 cm³/mol. The maximum absolute atomic E-state index is 12.0. The molecular weight excluding hydrogens is 310 g/mol. The molecule has 0 saturated carbocycles. The molecule has 0 aliphatic carbocycles. The summed E-state index contributed by atoms with van der Waals surface area (Å²) in [5, 5.41) is 6.19. The van der Waals surface area contributed by atoms with E-state index in [-0.39, 0.29) is 5.91 Å². The monoisotopic (exact) mass is 331 g/mol. The van der Waals surface area contributed by atoms with Crippen LogP contribution in [0.1, 0.15) is 32.1 Å². The average molecular weight is 332 g/mol. The Kier molecular flexibility index (Phi) is 5.68. The topological polar surface area (TPSA) is 29.1 Å². The maximum Gasteiger partial charge on any atom is 0.224 e. The van der Waals surface area contributed by atoms with Crippen LogP contribution in [-0.4, -0.2) is 16.9 Å². The molecule has 1 aliphatic heterocycles. The molecule has 0 radical (unpaired) electrons. The molecular formula is C18H21NOS2. The molecule has 22 heavy (non-hydrogen) atoms. The highest BCUT2D eigenvalue weighted by atomic mass is 33.1. The molecule has 2 aromatic rings. The van der Waals surface area contributed by atoms with Crippen molar-refractivity contribution in [2.75, 3.05) is 11.1 Å². The highest BCUT2D eigenvalue weighted by Crippen LogP contribution is 2.39. The molecule has 3 rings (SSSR count). The summed E-state index contributed by atoms with van der Waals surface area (Å²) in [4.78, 5) is 12.0. The van der Waals surface area contributed by atoms with Gasteiger partial charge in [0.05, 0.1) is 0 Å². The number of anilines is 1. The Morgan fingerprint density at radius 1 is 1.14 bits per heavy atom. The van der Waals surface area contributed by atoms with Crippen molar-refractivity contribution >= 4 is 44.0 Å². The smallest absolute Gasteiger partial charge is 0.224 e. The summed E-state index contributed by atoms with van der Waals surface area (Å²) >= 11 is 0. The molecule has 2 nitrogen and oxygen atoms in total. The fourth-order valence-electron chi connectivity index (χ4n) is 2.71. The summed E-state index contributed by atoms with van der Waals surface area (Å²) in [5.74, 6) is 1.42. The minimum absolute atomic E-state index is 0.128. The molecule has 1 fully saturated rings. The quantitative estimate of drug-likeness (QED) is 0.560. The number of carbonyl (C=O) groups is 1. The van der Waals surface area contributed by atoms with Gasteiger partial charge in [-0.1, -0.05) is 58.3 Å². The Labute approximate surface area is 139 Å². The highest BCUT2D eigenvalue weighted by Gasteiger charge is 2.15. The third-order valence-electron chi connectivity index (χ3n) is 3.94. The minimum Gasteiger partial charge on any atom is -0.326 e. The first-order chi connectivity index (χ1) is 10.8. The summed E-state index contributed by atoms with van der Waals surface area (Å²) < 4.78 is 0. The van der Waals surface area contributed by atoms with Gasteiger partial charge < -0.3 is 5.32 Å². The lowest BCUT2D eigenvalue weighted by Crippen LogP contribution is -2.11. The van der Waals surface area contributed by atoms with E-state index in [1.54, 1.807) is 0 Å². The summed E-state index contributed by atoms with van der Waals surface area (Å²) in [5.41, 5.74) is 0.895. The van der Waals surface area contributed by atoms with E-state index in [2.05, 4.69) is 23.5 Å². The molecule has 116 valence electrons. The number of carbonyl (C=O) groups excluding carboxylic acids is 1. The Balaban J connectivity index is 1.44. The molecule has 0 spiro atoms. The van der Waals surface area contributed by atoms with Crippen LogP contribution in [0.4, 0.5) is 5.69 Å². The third kappa shape index (κ3) is 4.43. The molecule has 1 N–H and O–H groups in total. The number of amides is 1. The van der Waals surface area contributed by atoms with Crippen LogP contribution < -0.4 is 5.32 Å². The van der Waals surface area contributed by atoms with Crippen LogP contribution in [0.3, 0.4) is 0 Å². The van der Waals surface area contributed by atoms with Crippen LogP contribution in [0, 0.1) is 0 Å². The maximum atomic E-state index is 12.0. The van der Waals surface area contributed by atoms with Gasteiger partial charge in [0.2, 0.25) is 5.91 Å². The van der Waals surface area contributed by atoms with Crippen molar-refractivity contribution in [2.24, 2.45) is 0 Å². The summed E-state index contributed by atoms with van der Waals surface area (Å²) in [6.07, 6.45) is 5.35. The fraction of sp³-hybridized carbons (Fsp3) is 0.389. The Morgan fingerprint density at radius 2 is 2.00 bits per heavy atom. The number of unbranched alkanes of at least 4 members (excludes halogenated alkanes) is 1. The second-order valence-corrected chi connectivity index (χ2v) is 8.47. The van der Waals surface area contributed by atoms with Gasteiger partial charge in [-0.2, -0.15) is 0 Å². The van der Waals surface area contributed by atoms with E-state index in [4.69, 9.17) is 0 Å². The SMILES string of the molecule is O=C(CCCCC1CCSS1)Nc1ccc2ccccc2c1. The van der Waals surface area contributed by atoms with Crippen molar-refractivity contribution < 1.29 is 4.79 Å². The van der Waals surface area contributed by atoms with Gasteiger partial charge in [0.25, 0.3) is 0 Å². The summed E-state index contributed by atoms with van der Waals surface area (Å²) in [7, 11) is 4.01. The molecule has 1 aliphatic rings. The molecule has 1 unspecified atom stereocenters. The molecule has 1 heterocycles. The van der Waals surface area contributed by atoms with Crippen molar-refractivity contribution in [1.29, 1.82) is 0 Å².